The van der Waals surface area contributed by atoms with E-state index in [9.17, 15) is 4.79 Å². The van der Waals surface area contributed by atoms with Crippen molar-refractivity contribution in [3.05, 3.63) is 11.6 Å². The summed E-state index contributed by atoms with van der Waals surface area (Å²) >= 11 is 0. The number of nitrogens with zero attached hydrogens (tertiary/aromatic N) is 2. The van der Waals surface area contributed by atoms with E-state index in [4.69, 9.17) is 5.73 Å². The number of likely N-dealkylation sites (N-methyl/N-ethyl adjacent to an activating group) is 1. The van der Waals surface area contributed by atoms with Gasteiger partial charge in [-0.25, -0.2) is 0 Å². The Morgan fingerprint density at radius 2 is 2.19 bits per heavy atom. The highest BCUT2D eigenvalue weighted by molar-refractivity contribution is 5.93. The molecule has 1 amide bonds. The van der Waals surface area contributed by atoms with Crippen molar-refractivity contribution in [3.63, 3.8) is 0 Å². The van der Waals surface area contributed by atoms with Crippen LogP contribution >= 0.6 is 0 Å². The van der Waals surface area contributed by atoms with Crippen LogP contribution in [-0.2, 0) is 4.79 Å². The number of rotatable bonds is 3. The molecule has 4 heteroatoms. The van der Waals surface area contributed by atoms with E-state index in [2.05, 4.69) is 11.9 Å². The Balaban J connectivity index is 2.70. The van der Waals surface area contributed by atoms with Crippen molar-refractivity contribution in [2.24, 2.45) is 5.73 Å². The third-order valence-electron chi connectivity index (χ3n) is 3.07. The van der Waals surface area contributed by atoms with Gasteiger partial charge in [-0.05, 0) is 20.4 Å². The summed E-state index contributed by atoms with van der Waals surface area (Å²) in [4.78, 5) is 16.3. The highest BCUT2D eigenvalue weighted by Crippen LogP contribution is 2.12. The van der Waals surface area contributed by atoms with Crippen LogP contribution in [0.5, 0.6) is 0 Å². The first kappa shape index (κ1) is 13.2. The molecule has 1 rings (SSSR count). The highest BCUT2D eigenvalue weighted by atomic mass is 16.2. The summed E-state index contributed by atoms with van der Waals surface area (Å²) in [5.41, 5.74) is 6.57. The molecular weight excluding hydrogens is 202 g/mol. The van der Waals surface area contributed by atoms with E-state index in [0.717, 1.165) is 31.6 Å². The van der Waals surface area contributed by atoms with Crippen molar-refractivity contribution in [1.29, 1.82) is 0 Å². The number of allylic oxidation sites excluding steroid dienone is 1. The van der Waals surface area contributed by atoms with E-state index in [0.29, 0.717) is 6.54 Å². The lowest BCUT2D eigenvalue weighted by atomic mass is 10.1. The van der Waals surface area contributed by atoms with Crippen LogP contribution < -0.4 is 5.73 Å². The Hall–Kier alpha value is -0.870. The molecule has 1 aliphatic rings. The van der Waals surface area contributed by atoms with E-state index >= 15 is 0 Å². The first-order chi connectivity index (χ1) is 7.60. The van der Waals surface area contributed by atoms with Gasteiger partial charge in [0.2, 0.25) is 5.91 Å². The second-order valence-electron chi connectivity index (χ2n) is 4.45. The smallest absolute Gasteiger partial charge is 0.249 e. The standard InChI is InChI=1S/C12H23N3O/c1-4-5-10(2)12(16)15-7-6-14(3)9-11(15)8-13/h5,11H,4,6-9,13H2,1-3H3/b10-5-. The zero-order valence-electron chi connectivity index (χ0n) is 10.6. The van der Waals surface area contributed by atoms with Gasteiger partial charge in [-0.3, -0.25) is 4.79 Å². The minimum absolute atomic E-state index is 0.144. The van der Waals surface area contributed by atoms with Crippen LogP contribution in [0.25, 0.3) is 0 Å². The first-order valence-electron chi connectivity index (χ1n) is 5.96. The van der Waals surface area contributed by atoms with Crippen LogP contribution in [0.15, 0.2) is 11.6 Å². The van der Waals surface area contributed by atoms with Crippen LogP contribution in [-0.4, -0.2) is 55.0 Å². The molecule has 0 aromatic rings. The van der Waals surface area contributed by atoms with Gasteiger partial charge in [0.15, 0.2) is 0 Å². The Labute approximate surface area is 98.1 Å². The summed E-state index contributed by atoms with van der Waals surface area (Å²) < 4.78 is 0. The molecule has 0 aliphatic carbocycles. The van der Waals surface area contributed by atoms with Gasteiger partial charge < -0.3 is 15.5 Å². The van der Waals surface area contributed by atoms with Gasteiger partial charge in [0, 0.05) is 31.8 Å². The quantitative estimate of drug-likeness (QED) is 0.709. The molecule has 0 saturated carbocycles. The summed E-state index contributed by atoms with van der Waals surface area (Å²) in [5, 5.41) is 0. The fourth-order valence-electron chi connectivity index (χ4n) is 2.10. The average molecular weight is 225 g/mol. The maximum absolute atomic E-state index is 12.1. The molecule has 1 fully saturated rings. The van der Waals surface area contributed by atoms with Crippen LogP contribution in [0.1, 0.15) is 20.3 Å². The summed E-state index contributed by atoms with van der Waals surface area (Å²) in [6.45, 7) is 7.06. The third kappa shape index (κ3) is 3.06. The van der Waals surface area contributed by atoms with Gasteiger partial charge in [0.1, 0.15) is 0 Å². The summed E-state index contributed by atoms with van der Waals surface area (Å²) in [6, 6.07) is 0.159. The average Bonchev–Trinajstić information content (AvgIpc) is 2.28. The van der Waals surface area contributed by atoms with E-state index < -0.39 is 0 Å². The van der Waals surface area contributed by atoms with Crippen molar-refractivity contribution >= 4 is 5.91 Å². The van der Waals surface area contributed by atoms with Crippen LogP contribution in [0, 0.1) is 0 Å². The lowest BCUT2D eigenvalue weighted by Gasteiger charge is -2.39. The van der Waals surface area contributed by atoms with Gasteiger partial charge >= 0.3 is 0 Å². The predicted molar refractivity (Wildman–Crippen MR) is 66.1 cm³/mol. The van der Waals surface area contributed by atoms with Crippen LogP contribution in [0.2, 0.25) is 0 Å². The number of hydrogen-bond acceptors (Lipinski definition) is 3. The lowest BCUT2D eigenvalue weighted by molar-refractivity contribution is -0.131. The van der Waals surface area contributed by atoms with Gasteiger partial charge in [0.25, 0.3) is 0 Å². The second kappa shape index (κ2) is 6.01. The van der Waals surface area contributed by atoms with Crippen LogP contribution in [0.3, 0.4) is 0 Å². The number of carbonyl (C=O) groups is 1. The Kier molecular flexibility index (Phi) is 4.96. The molecule has 16 heavy (non-hydrogen) atoms. The fourth-order valence-corrected chi connectivity index (χ4v) is 2.10. The lowest BCUT2D eigenvalue weighted by Crippen LogP contribution is -2.56. The predicted octanol–water partition coefficient (Wildman–Crippen LogP) is 0.444. The van der Waals surface area contributed by atoms with E-state index in [1.807, 2.05) is 24.8 Å². The molecule has 92 valence electrons. The molecule has 1 saturated heterocycles. The number of nitrogens with two attached hydrogens (primary N) is 1. The summed E-state index contributed by atoms with van der Waals surface area (Å²) in [5.74, 6) is 0.144. The van der Waals surface area contributed by atoms with Gasteiger partial charge in [0.05, 0.1) is 6.04 Å². The Morgan fingerprint density at radius 3 is 2.75 bits per heavy atom. The van der Waals surface area contributed by atoms with Gasteiger partial charge in [-0.2, -0.15) is 0 Å². The van der Waals surface area contributed by atoms with Crippen molar-refractivity contribution in [2.75, 3.05) is 33.2 Å². The van der Waals surface area contributed by atoms with Crippen molar-refractivity contribution < 1.29 is 4.79 Å². The maximum Gasteiger partial charge on any atom is 0.249 e. The monoisotopic (exact) mass is 225 g/mol. The molecule has 1 unspecified atom stereocenters. The van der Waals surface area contributed by atoms with Crippen molar-refractivity contribution in [2.45, 2.75) is 26.3 Å². The van der Waals surface area contributed by atoms with E-state index in [1.54, 1.807) is 0 Å². The molecule has 0 radical (unpaired) electrons. The Bertz CT molecular complexity index is 275. The molecule has 1 heterocycles. The van der Waals surface area contributed by atoms with Gasteiger partial charge in [-0.1, -0.05) is 13.0 Å². The molecule has 4 nitrogen and oxygen atoms in total. The zero-order chi connectivity index (χ0) is 12.1. The molecular formula is C12H23N3O. The minimum Gasteiger partial charge on any atom is -0.332 e. The number of piperazine rings is 1. The minimum atomic E-state index is 0.144. The molecule has 1 aliphatic heterocycles. The third-order valence-corrected chi connectivity index (χ3v) is 3.07. The van der Waals surface area contributed by atoms with Crippen molar-refractivity contribution in [3.8, 4) is 0 Å². The topological polar surface area (TPSA) is 49.6 Å². The number of amides is 1. The van der Waals surface area contributed by atoms with E-state index in [1.165, 1.54) is 0 Å². The molecule has 1 atom stereocenters. The van der Waals surface area contributed by atoms with Crippen LogP contribution in [0.4, 0.5) is 0 Å². The largest absolute Gasteiger partial charge is 0.332 e. The zero-order valence-corrected chi connectivity index (χ0v) is 10.6. The molecule has 0 aromatic heterocycles. The maximum atomic E-state index is 12.1. The Morgan fingerprint density at radius 1 is 1.50 bits per heavy atom. The normalized spacial score (nSPS) is 23.6. The van der Waals surface area contributed by atoms with Gasteiger partial charge in [-0.15, -0.1) is 0 Å². The second-order valence-corrected chi connectivity index (χ2v) is 4.45. The van der Waals surface area contributed by atoms with E-state index in [-0.39, 0.29) is 11.9 Å². The molecule has 0 bridgehead atoms. The fraction of sp³-hybridized carbons (Fsp3) is 0.750. The number of carbonyl (C=O) groups excluding carboxylic acids is 1. The summed E-state index contributed by atoms with van der Waals surface area (Å²) in [7, 11) is 2.07. The van der Waals surface area contributed by atoms with Crippen molar-refractivity contribution in [1.82, 2.24) is 9.80 Å². The molecule has 0 spiro atoms. The summed E-state index contributed by atoms with van der Waals surface area (Å²) in [6.07, 6.45) is 2.88. The highest BCUT2D eigenvalue weighted by Gasteiger charge is 2.28. The SMILES string of the molecule is CC/C=C(/C)C(=O)N1CCN(C)CC1CN. The number of hydrogen-bond donors (Lipinski definition) is 1. The molecule has 0 aromatic carbocycles. The molecule has 2 N–H and O–H groups in total. The first-order valence-corrected chi connectivity index (χ1v) is 5.96.